The van der Waals surface area contributed by atoms with Gasteiger partial charge in [0, 0.05) is 36.5 Å². The quantitative estimate of drug-likeness (QED) is 0.283. The minimum atomic E-state index is 0.103. The van der Waals surface area contributed by atoms with E-state index in [0.29, 0.717) is 13.0 Å². The maximum absolute atomic E-state index is 12.7. The molecule has 1 aliphatic heterocycles. The number of benzene rings is 3. The van der Waals surface area contributed by atoms with Crippen LogP contribution in [0.2, 0.25) is 0 Å². The van der Waals surface area contributed by atoms with Crippen molar-refractivity contribution in [3.05, 3.63) is 99.4 Å². The van der Waals surface area contributed by atoms with Gasteiger partial charge in [0.05, 0.1) is 0 Å². The van der Waals surface area contributed by atoms with E-state index in [0.717, 1.165) is 42.3 Å². The predicted molar refractivity (Wildman–Crippen MR) is 150 cm³/mol. The Kier molecular flexibility index (Phi) is 7.98. The molecule has 0 aromatic heterocycles. The Hall–Kier alpha value is -3.33. The summed E-state index contributed by atoms with van der Waals surface area (Å²) in [4.78, 5) is 15.0. The number of ether oxygens (including phenoxy) is 1. The van der Waals surface area contributed by atoms with E-state index in [4.69, 9.17) is 4.74 Å². The second-order valence-electron chi connectivity index (χ2n) is 10.8. The first-order chi connectivity index (χ1) is 17.3. The molecule has 0 spiro atoms. The Morgan fingerprint density at radius 2 is 1.72 bits per heavy atom. The van der Waals surface area contributed by atoms with Gasteiger partial charge in [-0.2, -0.15) is 0 Å². The molecule has 0 unspecified atom stereocenters. The molecule has 1 heterocycles. The Bertz CT molecular complexity index is 1330. The van der Waals surface area contributed by atoms with Crippen molar-refractivity contribution < 1.29 is 9.53 Å². The zero-order valence-electron chi connectivity index (χ0n) is 22.4. The molecular formula is C33H39NO2. The van der Waals surface area contributed by atoms with Crippen LogP contribution in [0.15, 0.2) is 66.7 Å². The van der Waals surface area contributed by atoms with E-state index in [1.54, 1.807) is 0 Å². The summed E-state index contributed by atoms with van der Waals surface area (Å²) in [6.45, 7) is 10.3. The van der Waals surface area contributed by atoms with Crippen molar-refractivity contribution in [3.8, 4) is 5.75 Å². The zero-order valence-corrected chi connectivity index (χ0v) is 22.4. The molecule has 0 atom stereocenters. The molecule has 4 rings (SSSR count). The lowest BCUT2D eigenvalue weighted by atomic mass is 9.86. The Morgan fingerprint density at radius 1 is 0.972 bits per heavy atom. The van der Waals surface area contributed by atoms with Crippen molar-refractivity contribution in [1.82, 2.24) is 4.90 Å². The van der Waals surface area contributed by atoms with Crippen LogP contribution in [-0.2, 0) is 12.0 Å². The number of carbonyl (C=O) groups is 1. The number of unbranched alkanes of at least 4 members (excludes halogenated alkanes) is 1. The molecule has 1 aliphatic rings. The predicted octanol–water partition coefficient (Wildman–Crippen LogP) is 6.21. The number of ketones is 1. The average molecular weight is 482 g/mol. The molecule has 3 heteroatoms. The molecule has 3 nitrogen and oxygen atoms in total. The lowest BCUT2D eigenvalue weighted by molar-refractivity contribution is 0.0978. The van der Waals surface area contributed by atoms with Gasteiger partial charge in [0.25, 0.3) is 0 Å². The van der Waals surface area contributed by atoms with Crippen molar-refractivity contribution in [2.75, 3.05) is 13.6 Å². The summed E-state index contributed by atoms with van der Waals surface area (Å²) in [6, 6.07) is 23.1. The number of nitrogens with zero attached hydrogens (tertiary/aromatic N) is 1. The molecule has 0 saturated heterocycles. The Morgan fingerprint density at radius 3 is 2.44 bits per heavy atom. The Labute approximate surface area is 216 Å². The second-order valence-corrected chi connectivity index (χ2v) is 10.8. The summed E-state index contributed by atoms with van der Waals surface area (Å²) in [5.41, 5.74) is 5.92. The summed E-state index contributed by atoms with van der Waals surface area (Å²) in [5, 5.41) is 2.32. The van der Waals surface area contributed by atoms with E-state index in [-0.39, 0.29) is 11.2 Å². The molecule has 3 aromatic rings. The van der Waals surface area contributed by atoms with Crippen LogP contribution in [0.1, 0.15) is 80.4 Å². The third kappa shape index (κ3) is 6.07. The summed E-state index contributed by atoms with van der Waals surface area (Å²) in [6.07, 6.45) is 5.62. The first-order valence-corrected chi connectivity index (χ1v) is 13.2. The normalized spacial score (nSPS) is 13.5. The van der Waals surface area contributed by atoms with Crippen LogP contribution >= 0.6 is 0 Å². The molecule has 0 N–H and O–H groups in total. The van der Waals surface area contributed by atoms with E-state index in [2.05, 4.69) is 100 Å². The second kappa shape index (κ2) is 11.2. The SMILES string of the molecule is CCC(=c1ccc2c(c1)OCc1ccccc1C=2)N(C)CCCCC(=O)c1ccc(C(C)(C)C)cc1. The third-order valence-electron chi connectivity index (χ3n) is 7.11. The van der Waals surface area contributed by atoms with Crippen LogP contribution in [0.5, 0.6) is 5.75 Å². The van der Waals surface area contributed by atoms with Crippen LogP contribution in [-0.4, -0.2) is 24.3 Å². The zero-order chi connectivity index (χ0) is 25.7. The summed E-state index contributed by atoms with van der Waals surface area (Å²) in [7, 11) is 2.15. The average Bonchev–Trinajstić information content (AvgIpc) is 3.05. The monoisotopic (exact) mass is 481 g/mol. The van der Waals surface area contributed by atoms with Gasteiger partial charge in [0.2, 0.25) is 0 Å². The van der Waals surface area contributed by atoms with Gasteiger partial charge in [-0.3, -0.25) is 4.79 Å². The molecule has 0 radical (unpaired) electrons. The maximum Gasteiger partial charge on any atom is 0.162 e. The summed E-state index contributed by atoms with van der Waals surface area (Å²) < 4.78 is 6.18. The van der Waals surface area contributed by atoms with Crippen molar-refractivity contribution in [1.29, 1.82) is 0 Å². The summed E-state index contributed by atoms with van der Waals surface area (Å²) in [5.74, 6) is 1.17. The van der Waals surface area contributed by atoms with Gasteiger partial charge < -0.3 is 9.64 Å². The van der Waals surface area contributed by atoms with Crippen LogP contribution in [0, 0.1) is 0 Å². The molecule has 36 heavy (non-hydrogen) atoms. The van der Waals surface area contributed by atoms with E-state index >= 15 is 0 Å². The minimum absolute atomic E-state index is 0.103. The van der Waals surface area contributed by atoms with Gasteiger partial charge in [-0.1, -0.05) is 88.4 Å². The number of fused-ring (bicyclic) bond motifs is 2. The maximum atomic E-state index is 12.7. The van der Waals surface area contributed by atoms with Crippen molar-refractivity contribution >= 4 is 17.6 Å². The topological polar surface area (TPSA) is 29.5 Å². The van der Waals surface area contributed by atoms with E-state index in [1.807, 2.05) is 12.1 Å². The molecule has 0 saturated carbocycles. The Balaban J connectivity index is 1.38. The molecule has 0 aliphatic carbocycles. The summed E-state index contributed by atoms with van der Waals surface area (Å²) >= 11 is 0. The van der Waals surface area contributed by atoms with Crippen LogP contribution < -0.4 is 15.2 Å². The van der Waals surface area contributed by atoms with Gasteiger partial charge in [-0.25, -0.2) is 0 Å². The highest BCUT2D eigenvalue weighted by Gasteiger charge is 2.14. The number of Topliss-reactive ketones (excluding diaryl/α,β-unsaturated/α-hetero) is 1. The molecule has 3 aromatic carbocycles. The van der Waals surface area contributed by atoms with Crippen LogP contribution in [0.4, 0.5) is 0 Å². The van der Waals surface area contributed by atoms with E-state index in [1.165, 1.54) is 27.6 Å². The lowest BCUT2D eigenvalue weighted by Gasteiger charge is -2.22. The standard InChI is InChI=1S/C33H39NO2/c1-6-30(26-14-15-27-21-25-11-7-8-12-28(25)23-36-32(27)22-26)34(5)20-10-9-13-31(35)24-16-18-29(19-17-24)33(2,3)4/h7-8,11-12,14-19,21-22H,6,9-10,13,20,23H2,1-5H3. The van der Waals surface area contributed by atoms with Gasteiger partial charge in [-0.05, 0) is 58.7 Å². The first kappa shape index (κ1) is 25.8. The minimum Gasteiger partial charge on any atom is -0.488 e. The fraction of sp³-hybridized carbons (Fsp3) is 0.364. The van der Waals surface area contributed by atoms with Gasteiger partial charge in [0.15, 0.2) is 5.78 Å². The fourth-order valence-electron chi connectivity index (χ4n) is 4.85. The number of carbonyl (C=O) groups excluding carboxylic acids is 1. The third-order valence-corrected chi connectivity index (χ3v) is 7.11. The lowest BCUT2D eigenvalue weighted by Crippen LogP contribution is -2.25. The number of hydrogen-bond acceptors (Lipinski definition) is 3. The van der Waals surface area contributed by atoms with E-state index < -0.39 is 0 Å². The van der Waals surface area contributed by atoms with Gasteiger partial charge in [-0.15, -0.1) is 0 Å². The highest BCUT2D eigenvalue weighted by Crippen LogP contribution is 2.23. The number of hydrogen-bond donors (Lipinski definition) is 0. The smallest absolute Gasteiger partial charge is 0.162 e. The van der Waals surface area contributed by atoms with E-state index in [9.17, 15) is 4.79 Å². The number of rotatable bonds is 8. The van der Waals surface area contributed by atoms with Crippen LogP contribution in [0.25, 0.3) is 11.8 Å². The largest absolute Gasteiger partial charge is 0.488 e. The van der Waals surface area contributed by atoms with Crippen molar-refractivity contribution in [2.24, 2.45) is 0 Å². The van der Waals surface area contributed by atoms with Crippen LogP contribution in [0.3, 0.4) is 0 Å². The first-order valence-electron chi connectivity index (χ1n) is 13.2. The molecular weight excluding hydrogens is 442 g/mol. The molecule has 0 bridgehead atoms. The highest BCUT2D eigenvalue weighted by atomic mass is 16.5. The molecule has 0 amide bonds. The van der Waals surface area contributed by atoms with Gasteiger partial charge in [0.1, 0.15) is 12.4 Å². The van der Waals surface area contributed by atoms with Crippen molar-refractivity contribution in [3.63, 3.8) is 0 Å². The van der Waals surface area contributed by atoms with Gasteiger partial charge >= 0.3 is 0 Å². The molecule has 188 valence electrons. The highest BCUT2D eigenvalue weighted by molar-refractivity contribution is 5.96. The fourth-order valence-corrected chi connectivity index (χ4v) is 4.85. The molecule has 0 fully saturated rings. The van der Waals surface area contributed by atoms with Crippen molar-refractivity contribution in [2.45, 2.75) is 65.4 Å².